The predicted octanol–water partition coefficient (Wildman–Crippen LogP) is 3.66. The van der Waals surface area contributed by atoms with Crippen LogP contribution >= 0.6 is 24.0 Å². The standard InChI is InChI=1S/C24H22N4O2S2/c29-23-21(32-24(31)27-23)15-18-5-3-7-20(25-18)22-17(8-9-28-10-12-30-13-11-28)14-16-4-1-2-6-19(16)26-22/h1-7,14-15H,8-13H2,(H,27,29,31)/b21-15-. The van der Waals surface area contributed by atoms with E-state index in [-0.39, 0.29) is 5.91 Å². The van der Waals surface area contributed by atoms with E-state index >= 15 is 0 Å². The van der Waals surface area contributed by atoms with Crippen LogP contribution in [0.1, 0.15) is 11.3 Å². The minimum absolute atomic E-state index is 0.178. The van der Waals surface area contributed by atoms with Crippen molar-refractivity contribution in [2.24, 2.45) is 0 Å². The fourth-order valence-electron chi connectivity index (χ4n) is 3.89. The van der Waals surface area contributed by atoms with Gasteiger partial charge in [0.1, 0.15) is 4.32 Å². The first-order valence-corrected chi connectivity index (χ1v) is 11.8. The number of hydrogen-bond acceptors (Lipinski definition) is 7. The number of para-hydroxylation sites is 1. The lowest BCUT2D eigenvalue weighted by molar-refractivity contribution is -0.115. The Kier molecular flexibility index (Phi) is 6.27. The van der Waals surface area contributed by atoms with Crippen LogP contribution in [-0.4, -0.2) is 57.9 Å². The van der Waals surface area contributed by atoms with E-state index in [2.05, 4.69) is 22.3 Å². The lowest BCUT2D eigenvalue weighted by atomic mass is 10.0. The number of hydrogen-bond donors (Lipinski definition) is 1. The highest BCUT2D eigenvalue weighted by Gasteiger charge is 2.22. The molecular weight excluding hydrogens is 440 g/mol. The maximum Gasteiger partial charge on any atom is 0.263 e. The van der Waals surface area contributed by atoms with E-state index in [1.54, 1.807) is 6.08 Å². The number of morpholine rings is 1. The van der Waals surface area contributed by atoms with Gasteiger partial charge in [0.2, 0.25) is 0 Å². The minimum Gasteiger partial charge on any atom is -0.379 e. The molecule has 0 aliphatic carbocycles. The molecule has 4 heterocycles. The molecule has 2 aliphatic heterocycles. The number of aromatic nitrogens is 2. The van der Waals surface area contributed by atoms with Crippen molar-refractivity contribution in [3.8, 4) is 11.4 Å². The molecule has 2 fully saturated rings. The van der Waals surface area contributed by atoms with Crippen molar-refractivity contribution in [1.82, 2.24) is 20.2 Å². The van der Waals surface area contributed by atoms with Crippen molar-refractivity contribution >= 4 is 51.2 Å². The van der Waals surface area contributed by atoms with Crippen molar-refractivity contribution in [2.45, 2.75) is 6.42 Å². The summed E-state index contributed by atoms with van der Waals surface area (Å²) in [4.78, 5) is 24.8. The number of fused-ring (bicyclic) bond motifs is 1. The molecule has 1 N–H and O–H groups in total. The van der Waals surface area contributed by atoms with E-state index in [1.807, 2.05) is 36.4 Å². The Bertz CT molecular complexity index is 1220. The minimum atomic E-state index is -0.178. The SMILES string of the molecule is O=C1NC(=S)S/C1=C\c1cccc(-c2nc3ccccc3cc2CCN2CCOCC2)n1. The normalized spacial score (nSPS) is 18.4. The van der Waals surface area contributed by atoms with Gasteiger partial charge in [-0.05, 0) is 42.3 Å². The summed E-state index contributed by atoms with van der Waals surface area (Å²) in [5.74, 6) is -0.178. The van der Waals surface area contributed by atoms with E-state index in [1.165, 1.54) is 17.3 Å². The van der Waals surface area contributed by atoms with Crippen molar-refractivity contribution < 1.29 is 9.53 Å². The molecule has 32 heavy (non-hydrogen) atoms. The molecule has 1 amide bonds. The number of nitrogens with zero attached hydrogens (tertiary/aromatic N) is 3. The lowest BCUT2D eigenvalue weighted by Crippen LogP contribution is -2.37. The zero-order valence-corrected chi connectivity index (χ0v) is 19.0. The highest BCUT2D eigenvalue weighted by molar-refractivity contribution is 8.26. The molecule has 1 aromatic carbocycles. The second kappa shape index (κ2) is 9.46. The van der Waals surface area contributed by atoms with Gasteiger partial charge < -0.3 is 10.1 Å². The summed E-state index contributed by atoms with van der Waals surface area (Å²) in [7, 11) is 0. The molecule has 0 radical (unpaired) electrons. The fraction of sp³-hybridized carbons (Fsp3) is 0.250. The summed E-state index contributed by atoms with van der Waals surface area (Å²) in [5.41, 5.74) is 4.50. The first-order chi connectivity index (χ1) is 15.7. The van der Waals surface area contributed by atoms with Gasteiger partial charge in [0.25, 0.3) is 5.91 Å². The van der Waals surface area contributed by atoms with Crippen LogP contribution in [0, 0.1) is 0 Å². The molecule has 5 rings (SSSR count). The predicted molar refractivity (Wildman–Crippen MR) is 132 cm³/mol. The molecule has 8 heteroatoms. The molecule has 2 saturated heterocycles. The van der Waals surface area contributed by atoms with Gasteiger partial charge in [0, 0.05) is 25.0 Å². The molecule has 0 spiro atoms. The van der Waals surface area contributed by atoms with Gasteiger partial charge in [-0.15, -0.1) is 0 Å². The van der Waals surface area contributed by atoms with E-state index in [9.17, 15) is 4.79 Å². The van der Waals surface area contributed by atoms with Crippen LogP contribution in [0.2, 0.25) is 0 Å². The Hall–Kier alpha value is -2.65. The molecular formula is C24H22N4O2S2. The summed E-state index contributed by atoms with van der Waals surface area (Å²) in [6.45, 7) is 4.44. The van der Waals surface area contributed by atoms with Crippen LogP contribution in [0.5, 0.6) is 0 Å². The lowest BCUT2D eigenvalue weighted by Gasteiger charge is -2.26. The molecule has 0 unspecified atom stereocenters. The molecule has 0 atom stereocenters. The smallest absolute Gasteiger partial charge is 0.263 e. The summed E-state index contributed by atoms with van der Waals surface area (Å²) in [5, 5.41) is 3.77. The van der Waals surface area contributed by atoms with E-state index in [4.69, 9.17) is 26.9 Å². The Morgan fingerprint density at radius 2 is 1.97 bits per heavy atom. The van der Waals surface area contributed by atoms with Crippen LogP contribution < -0.4 is 5.32 Å². The van der Waals surface area contributed by atoms with Gasteiger partial charge in [-0.2, -0.15) is 0 Å². The van der Waals surface area contributed by atoms with Crippen LogP contribution in [0.4, 0.5) is 0 Å². The van der Waals surface area contributed by atoms with Crippen molar-refractivity contribution in [1.29, 1.82) is 0 Å². The van der Waals surface area contributed by atoms with Gasteiger partial charge in [0.05, 0.1) is 40.7 Å². The number of benzene rings is 1. The largest absolute Gasteiger partial charge is 0.379 e. The van der Waals surface area contributed by atoms with E-state index in [0.717, 1.165) is 61.6 Å². The number of pyridine rings is 2. The van der Waals surface area contributed by atoms with Gasteiger partial charge in [-0.3, -0.25) is 9.69 Å². The third kappa shape index (κ3) is 4.73. The molecule has 3 aromatic rings. The topological polar surface area (TPSA) is 67.4 Å². The monoisotopic (exact) mass is 462 g/mol. The number of rotatable bonds is 5. The number of ether oxygens (including phenoxy) is 1. The summed E-state index contributed by atoms with van der Waals surface area (Å²) < 4.78 is 5.95. The molecule has 6 nitrogen and oxygen atoms in total. The van der Waals surface area contributed by atoms with Crippen LogP contribution in [0.3, 0.4) is 0 Å². The maximum atomic E-state index is 12.0. The number of thiocarbonyl (C=S) groups is 1. The fourth-order valence-corrected chi connectivity index (χ4v) is 4.92. The van der Waals surface area contributed by atoms with Crippen LogP contribution in [0.25, 0.3) is 28.4 Å². The molecule has 162 valence electrons. The Morgan fingerprint density at radius 1 is 1.12 bits per heavy atom. The Labute approximate surface area is 196 Å². The Morgan fingerprint density at radius 3 is 2.78 bits per heavy atom. The molecule has 0 saturated carbocycles. The van der Waals surface area contributed by atoms with Crippen molar-refractivity contribution in [3.05, 3.63) is 64.7 Å². The number of nitrogens with one attached hydrogen (secondary N) is 1. The van der Waals surface area contributed by atoms with Crippen molar-refractivity contribution in [3.63, 3.8) is 0 Å². The Balaban J connectivity index is 1.50. The van der Waals surface area contributed by atoms with Gasteiger partial charge in [-0.25, -0.2) is 9.97 Å². The third-order valence-corrected chi connectivity index (χ3v) is 6.70. The second-order valence-electron chi connectivity index (χ2n) is 7.69. The number of carbonyl (C=O) groups is 1. The maximum absolute atomic E-state index is 12.0. The summed E-state index contributed by atoms with van der Waals surface area (Å²) in [6.07, 6.45) is 2.66. The molecule has 0 bridgehead atoms. The zero-order valence-electron chi connectivity index (χ0n) is 17.4. The average Bonchev–Trinajstić information content (AvgIpc) is 3.14. The number of amides is 1. The van der Waals surface area contributed by atoms with Crippen LogP contribution in [0.15, 0.2) is 53.4 Å². The van der Waals surface area contributed by atoms with Crippen LogP contribution in [-0.2, 0) is 16.0 Å². The van der Waals surface area contributed by atoms with Gasteiger partial charge >= 0.3 is 0 Å². The highest BCUT2D eigenvalue weighted by atomic mass is 32.2. The number of carbonyl (C=O) groups excluding carboxylic acids is 1. The quantitative estimate of drug-likeness (QED) is 0.458. The van der Waals surface area contributed by atoms with Crippen molar-refractivity contribution in [2.75, 3.05) is 32.8 Å². The first-order valence-electron chi connectivity index (χ1n) is 10.6. The number of thioether (sulfide) groups is 1. The summed E-state index contributed by atoms with van der Waals surface area (Å²) >= 11 is 6.34. The highest BCUT2D eigenvalue weighted by Crippen LogP contribution is 2.28. The van der Waals surface area contributed by atoms with Gasteiger partial charge in [-0.1, -0.05) is 48.2 Å². The van der Waals surface area contributed by atoms with E-state index < -0.39 is 0 Å². The van der Waals surface area contributed by atoms with Gasteiger partial charge in [0.15, 0.2) is 0 Å². The summed E-state index contributed by atoms with van der Waals surface area (Å²) in [6, 6.07) is 16.2. The third-order valence-electron chi connectivity index (χ3n) is 5.54. The molecule has 2 aliphatic rings. The first kappa shape index (κ1) is 21.2. The zero-order chi connectivity index (χ0) is 21.9. The van der Waals surface area contributed by atoms with E-state index in [0.29, 0.717) is 14.9 Å². The molecule has 2 aromatic heterocycles. The second-order valence-corrected chi connectivity index (χ2v) is 9.41. The average molecular weight is 463 g/mol.